The minimum Gasteiger partial charge on any atom is -0.484 e. The molecule has 1 N–H and O–H groups in total. The summed E-state index contributed by atoms with van der Waals surface area (Å²) in [6, 6.07) is 6.79. The van der Waals surface area contributed by atoms with Crippen LogP contribution in [0.15, 0.2) is 24.3 Å². The van der Waals surface area contributed by atoms with Crippen molar-refractivity contribution in [3.05, 3.63) is 29.8 Å². The summed E-state index contributed by atoms with van der Waals surface area (Å²) >= 11 is 0. The summed E-state index contributed by atoms with van der Waals surface area (Å²) in [6.07, 6.45) is 1.43. The molecule has 1 aliphatic heterocycles. The predicted molar refractivity (Wildman–Crippen MR) is 96.0 cm³/mol. The number of ketones is 1. The molecule has 0 spiro atoms. The molecule has 6 heteroatoms. The van der Waals surface area contributed by atoms with E-state index in [9.17, 15) is 9.59 Å². The van der Waals surface area contributed by atoms with Gasteiger partial charge in [-0.05, 0) is 51.5 Å². The Hall–Kier alpha value is -1.92. The van der Waals surface area contributed by atoms with Crippen LogP contribution in [0.5, 0.6) is 5.75 Å². The Kier molecular flexibility index (Phi) is 7.40. The molecule has 2 rings (SSSR count). The summed E-state index contributed by atoms with van der Waals surface area (Å²) in [4.78, 5) is 25.4. The van der Waals surface area contributed by atoms with E-state index in [1.54, 1.807) is 24.3 Å². The van der Waals surface area contributed by atoms with Crippen LogP contribution >= 0.6 is 0 Å². The number of hydrogen-bond acceptors (Lipinski definition) is 5. The molecule has 0 radical (unpaired) electrons. The molecule has 138 valence electrons. The lowest BCUT2D eigenvalue weighted by Crippen LogP contribution is -2.46. The molecular formula is C19H28N2O4. The van der Waals surface area contributed by atoms with Crippen molar-refractivity contribution in [1.82, 2.24) is 10.2 Å². The molecule has 2 unspecified atom stereocenters. The highest BCUT2D eigenvalue weighted by atomic mass is 16.5. The minimum absolute atomic E-state index is 0.00773. The second-order valence-corrected chi connectivity index (χ2v) is 6.59. The van der Waals surface area contributed by atoms with Gasteiger partial charge in [0.2, 0.25) is 0 Å². The standard InChI is InChI=1S/C19H28N2O4/c1-14-11-21(12-15(2)25-14)10-4-9-20-19(23)13-24-18-7-5-17(6-8-18)16(3)22/h5-8,14-15H,4,9-13H2,1-3H3,(H,20,23). The van der Waals surface area contributed by atoms with E-state index in [0.717, 1.165) is 26.1 Å². The Bertz CT molecular complexity index is 563. The van der Waals surface area contributed by atoms with Gasteiger partial charge in [-0.2, -0.15) is 0 Å². The van der Waals surface area contributed by atoms with Gasteiger partial charge in [0.05, 0.1) is 12.2 Å². The highest BCUT2D eigenvalue weighted by Crippen LogP contribution is 2.12. The number of benzene rings is 1. The van der Waals surface area contributed by atoms with Gasteiger partial charge >= 0.3 is 0 Å². The van der Waals surface area contributed by atoms with E-state index in [2.05, 4.69) is 24.1 Å². The number of rotatable bonds is 8. The predicted octanol–water partition coefficient (Wildman–Crippen LogP) is 1.88. The highest BCUT2D eigenvalue weighted by Gasteiger charge is 2.21. The van der Waals surface area contributed by atoms with E-state index in [0.29, 0.717) is 17.9 Å². The molecule has 0 aromatic heterocycles. The van der Waals surface area contributed by atoms with E-state index in [4.69, 9.17) is 9.47 Å². The van der Waals surface area contributed by atoms with Gasteiger partial charge in [-0.15, -0.1) is 0 Å². The molecule has 0 saturated carbocycles. The fraction of sp³-hybridized carbons (Fsp3) is 0.579. The third-order valence-electron chi connectivity index (χ3n) is 4.10. The van der Waals surface area contributed by atoms with E-state index in [1.165, 1.54) is 6.92 Å². The summed E-state index contributed by atoms with van der Waals surface area (Å²) in [5, 5.41) is 2.87. The number of carbonyl (C=O) groups excluding carboxylic acids is 2. The number of morpholine rings is 1. The Morgan fingerprint density at radius 3 is 2.44 bits per heavy atom. The number of ether oxygens (including phenoxy) is 2. The zero-order valence-electron chi connectivity index (χ0n) is 15.3. The van der Waals surface area contributed by atoms with Crippen LogP contribution in [0.4, 0.5) is 0 Å². The van der Waals surface area contributed by atoms with Crippen LogP contribution < -0.4 is 10.1 Å². The van der Waals surface area contributed by atoms with Crippen LogP contribution in [-0.4, -0.2) is 61.6 Å². The number of Topliss-reactive ketones (excluding diaryl/α,β-unsaturated/α-hetero) is 1. The fourth-order valence-corrected chi connectivity index (χ4v) is 2.98. The molecule has 1 heterocycles. The van der Waals surface area contributed by atoms with Crippen LogP contribution in [0, 0.1) is 0 Å². The van der Waals surface area contributed by atoms with Crippen molar-refractivity contribution in [1.29, 1.82) is 0 Å². The highest BCUT2D eigenvalue weighted by molar-refractivity contribution is 5.94. The molecule has 1 aromatic rings. The van der Waals surface area contributed by atoms with Crippen molar-refractivity contribution in [2.45, 2.75) is 39.4 Å². The number of nitrogens with zero attached hydrogens (tertiary/aromatic N) is 1. The third kappa shape index (κ3) is 6.84. The van der Waals surface area contributed by atoms with Gasteiger partial charge in [0.1, 0.15) is 5.75 Å². The molecule has 0 aliphatic carbocycles. The third-order valence-corrected chi connectivity index (χ3v) is 4.10. The van der Waals surface area contributed by atoms with E-state index in [1.807, 2.05) is 0 Å². The largest absolute Gasteiger partial charge is 0.484 e. The van der Waals surface area contributed by atoms with Crippen molar-refractivity contribution in [2.75, 3.05) is 32.8 Å². The molecule has 25 heavy (non-hydrogen) atoms. The lowest BCUT2D eigenvalue weighted by molar-refractivity contribution is -0.123. The molecule has 2 atom stereocenters. The van der Waals surface area contributed by atoms with Gasteiger partial charge in [0.15, 0.2) is 12.4 Å². The number of hydrogen-bond donors (Lipinski definition) is 1. The maximum Gasteiger partial charge on any atom is 0.257 e. The quantitative estimate of drug-likeness (QED) is 0.574. The minimum atomic E-state index is -0.139. The Labute approximate surface area is 149 Å². The molecule has 1 saturated heterocycles. The van der Waals surface area contributed by atoms with Crippen molar-refractivity contribution in [3.8, 4) is 5.75 Å². The van der Waals surface area contributed by atoms with Gasteiger partial charge in [-0.25, -0.2) is 0 Å². The molecular weight excluding hydrogens is 320 g/mol. The molecule has 6 nitrogen and oxygen atoms in total. The zero-order chi connectivity index (χ0) is 18.2. The van der Waals surface area contributed by atoms with Crippen LogP contribution in [-0.2, 0) is 9.53 Å². The summed E-state index contributed by atoms with van der Waals surface area (Å²) < 4.78 is 11.1. The van der Waals surface area contributed by atoms with Gasteiger partial charge in [0, 0.05) is 31.7 Å². The smallest absolute Gasteiger partial charge is 0.257 e. The van der Waals surface area contributed by atoms with Gasteiger partial charge in [-0.3, -0.25) is 14.5 Å². The van der Waals surface area contributed by atoms with E-state index >= 15 is 0 Å². The van der Waals surface area contributed by atoms with Crippen LogP contribution in [0.2, 0.25) is 0 Å². The molecule has 1 amide bonds. The topological polar surface area (TPSA) is 67.9 Å². The Morgan fingerprint density at radius 2 is 1.84 bits per heavy atom. The average molecular weight is 348 g/mol. The molecule has 1 aromatic carbocycles. The first kappa shape index (κ1) is 19.4. The van der Waals surface area contributed by atoms with Gasteiger partial charge in [-0.1, -0.05) is 0 Å². The van der Waals surface area contributed by atoms with Gasteiger partial charge in [0.25, 0.3) is 5.91 Å². The summed E-state index contributed by atoms with van der Waals surface area (Å²) in [5.74, 6) is 0.448. The van der Waals surface area contributed by atoms with Crippen molar-refractivity contribution in [3.63, 3.8) is 0 Å². The summed E-state index contributed by atoms with van der Waals surface area (Å²) in [7, 11) is 0. The van der Waals surface area contributed by atoms with E-state index in [-0.39, 0.29) is 30.5 Å². The number of amides is 1. The SMILES string of the molecule is CC(=O)c1ccc(OCC(=O)NCCCN2CC(C)OC(C)C2)cc1. The van der Waals surface area contributed by atoms with Gasteiger partial charge < -0.3 is 14.8 Å². The number of nitrogens with one attached hydrogen (secondary N) is 1. The molecule has 1 fully saturated rings. The fourth-order valence-electron chi connectivity index (χ4n) is 2.98. The van der Waals surface area contributed by atoms with Crippen LogP contribution in [0.1, 0.15) is 37.6 Å². The Balaban J connectivity index is 1.60. The summed E-state index contributed by atoms with van der Waals surface area (Å²) in [6.45, 7) is 9.13. The maximum atomic E-state index is 11.8. The van der Waals surface area contributed by atoms with Crippen molar-refractivity contribution in [2.24, 2.45) is 0 Å². The molecule has 0 bridgehead atoms. The second-order valence-electron chi connectivity index (χ2n) is 6.59. The van der Waals surface area contributed by atoms with E-state index < -0.39 is 0 Å². The number of carbonyl (C=O) groups is 2. The summed E-state index contributed by atoms with van der Waals surface area (Å²) in [5.41, 5.74) is 0.628. The lowest BCUT2D eigenvalue weighted by Gasteiger charge is -2.35. The average Bonchev–Trinajstić information content (AvgIpc) is 2.56. The van der Waals surface area contributed by atoms with Crippen molar-refractivity contribution >= 4 is 11.7 Å². The first-order valence-electron chi connectivity index (χ1n) is 8.82. The van der Waals surface area contributed by atoms with Crippen molar-refractivity contribution < 1.29 is 19.1 Å². The second kappa shape index (κ2) is 9.53. The first-order chi connectivity index (χ1) is 11.9. The monoisotopic (exact) mass is 348 g/mol. The van der Waals surface area contributed by atoms with Crippen LogP contribution in [0.25, 0.3) is 0 Å². The Morgan fingerprint density at radius 1 is 1.20 bits per heavy atom. The zero-order valence-corrected chi connectivity index (χ0v) is 15.3. The molecule has 1 aliphatic rings. The first-order valence-corrected chi connectivity index (χ1v) is 8.82. The van der Waals surface area contributed by atoms with Crippen LogP contribution in [0.3, 0.4) is 0 Å². The maximum absolute atomic E-state index is 11.8. The normalized spacial score (nSPS) is 20.9. The lowest BCUT2D eigenvalue weighted by atomic mass is 10.1.